The molecule has 1 rings (SSSR count). The lowest BCUT2D eigenvalue weighted by molar-refractivity contribution is -0.141. The van der Waals surface area contributed by atoms with Crippen LogP contribution in [0.1, 0.15) is 22.8 Å². The zero-order valence-corrected chi connectivity index (χ0v) is 10.1. The Morgan fingerprint density at radius 1 is 1.35 bits per heavy atom. The van der Waals surface area contributed by atoms with Crippen LogP contribution in [0.25, 0.3) is 0 Å². The first-order valence-electron chi connectivity index (χ1n) is 5.20. The molecule has 2 atom stereocenters. The standard InChI is InChI=1S/C12H17NO4/c1-6-4-8(5-7(2)11(6)17-3)10(14)9(13)12(15)16/h4-5,9-10,14H,13H2,1-3H3,(H,15,16). The lowest BCUT2D eigenvalue weighted by Gasteiger charge is -2.18. The number of carboxylic acids is 1. The molecule has 0 bridgehead atoms. The molecule has 17 heavy (non-hydrogen) atoms. The van der Waals surface area contributed by atoms with E-state index < -0.39 is 18.1 Å². The number of aliphatic hydroxyl groups is 1. The first-order chi connectivity index (χ1) is 7.88. The molecule has 5 heteroatoms. The molecule has 0 aliphatic rings. The Hall–Kier alpha value is -1.59. The van der Waals surface area contributed by atoms with Crippen LogP contribution in [0.5, 0.6) is 5.75 Å². The van der Waals surface area contributed by atoms with Crippen LogP contribution in [-0.4, -0.2) is 29.3 Å². The highest BCUT2D eigenvalue weighted by Gasteiger charge is 2.24. The van der Waals surface area contributed by atoms with Gasteiger partial charge < -0.3 is 20.7 Å². The van der Waals surface area contributed by atoms with E-state index in [0.717, 1.165) is 16.9 Å². The van der Waals surface area contributed by atoms with Crippen molar-refractivity contribution in [2.24, 2.45) is 5.73 Å². The number of aliphatic hydroxyl groups excluding tert-OH is 1. The maximum atomic E-state index is 10.7. The van der Waals surface area contributed by atoms with Gasteiger partial charge in [0.1, 0.15) is 17.9 Å². The third-order valence-electron chi connectivity index (χ3n) is 2.65. The zero-order valence-electron chi connectivity index (χ0n) is 10.1. The third kappa shape index (κ3) is 2.75. The molecule has 2 unspecified atom stereocenters. The maximum absolute atomic E-state index is 10.7. The van der Waals surface area contributed by atoms with Crippen LogP contribution in [0.15, 0.2) is 12.1 Å². The van der Waals surface area contributed by atoms with Gasteiger partial charge >= 0.3 is 5.97 Å². The minimum absolute atomic E-state index is 0.482. The van der Waals surface area contributed by atoms with Crippen molar-refractivity contribution in [3.05, 3.63) is 28.8 Å². The van der Waals surface area contributed by atoms with Crippen molar-refractivity contribution in [3.63, 3.8) is 0 Å². The molecular formula is C12H17NO4. The van der Waals surface area contributed by atoms with Gasteiger partial charge in [-0.05, 0) is 42.7 Å². The summed E-state index contributed by atoms with van der Waals surface area (Å²) in [5.74, 6) is -0.506. The summed E-state index contributed by atoms with van der Waals surface area (Å²) < 4.78 is 5.19. The fourth-order valence-corrected chi connectivity index (χ4v) is 1.82. The van der Waals surface area contributed by atoms with Crippen molar-refractivity contribution in [1.29, 1.82) is 0 Å². The molecule has 5 nitrogen and oxygen atoms in total. The van der Waals surface area contributed by atoms with Crippen LogP contribution >= 0.6 is 0 Å². The number of methoxy groups -OCH3 is 1. The lowest BCUT2D eigenvalue weighted by atomic mass is 9.98. The minimum atomic E-state index is -1.33. The molecule has 0 aromatic heterocycles. The fourth-order valence-electron chi connectivity index (χ4n) is 1.82. The Labute approximate surface area is 99.8 Å². The van der Waals surface area contributed by atoms with Gasteiger partial charge in [0.25, 0.3) is 0 Å². The van der Waals surface area contributed by atoms with Gasteiger partial charge in [0, 0.05) is 0 Å². The number of rotatable bonds is 4. The Balaban J connectivity index is 3.12. The number of ether oxygens (including phenoxy) is 1. The molecule has 0 saturated heterocycles. The quantitative estimate of drug-likeness (QED) is 0.721. The van der Waals surface area contributed by atoms with Crippen molar-refractivity contribution in [3.8, 4) is 5.75 Å². The number of carbonyl (C=O) groups is 1. The summed E-state index contributed by atoms with van der Waals surface area (Å²) in [6.07, 6.45) is -1.23. The smallest absolute Gasteiger partial charge is 0.323 e. The van der Waals surface area contributed by atoms with Gasteiger partial charge in [0.2, 0.25) is 0 Å². The van der Waals surface area contributed by atoms with Gasteiger partial charge in [-0.25, -0.2) is 0 Å². The summed E-state index contributed by atoms with van der Waals surface area (Å²) in [7, 11) is 1.56. The van der Waals surface area contributed by atoms with Crippen molar-refractivity contribution < 1.29 is 19.7 Å². The molecular weight excluding hydrogens is 222 g/mol. The van der Waals surface area contributed by atoms with Gasteiger partial charge in [-0.2, -0.15) is 0 Å². The largest absolute Gasteiger partial charge is 0.496 e. The summed E-state index contributed by atoms with van der Waals surface area (Å²) in [5, 5.41) is 18.6. The normalized spacial score (nSPS) is 14.2. The van der Waals surface area contributed by atoms with Gasteiger partial charge in [0.05, 0.1) is 7.11 Å². The molecule has 0 saturated carbocycles. The van der Waals surface area contributed by atoms with E-state index in [4.69, 9.17) is 15.6 Å². The third-order valence-corrected chi connectivity index (χ3v) is 2.65. The van der Waals surface area contributed by atoms with E-state index in [9.17, 15) is 9.90 Å². The van der Waals surface area contributed by atoms with Gasteiger partial charge in [-0.15, -0.1) is 0 Å². The van der Waals surface area contributed by atoms with Gasteiger partial charge in [-0.3, -0.25) is 4.79 Å². The number of aryl methyl sites for hydroxylation is 2. The second-order valence-corrected chi connectivity index (χ2v) is 4.00. The molecule has 94 valence electrons. The van der Waals surface area contributed by atoms with Crippen molar-refractivity contribution >= 4 is 5.97 Å². The SMILES string of the molecule is COc1c(C)cc(C(O)C(N)C(=O)O)cc1C. The van der Waals surface area contributed by atoms with Crippen LogP contribution in [-0.2, 0) is 4.79 Å². The van der Waals surface area contributed by atoms with E-state index in [1.54, 1.807) is 19.2 Å². The van der Waals surface area contributed by atoms with E-state index in [2.05, 4.69) is 0 Å². The van der Waals surface area contributed by atoms with Crippen molar-refractivity contribution in [2.75, 3.05) is 7.11 Å². The Morgan fingerprint density at radius 3 is 2.18 bits per heavy atom. The highest BCUT2D eigenvalue weighted by molar-refractivity contribution is 5.74. The monoisotopic (exact) mass is 239 g/mol. The first-order valence-corrected chi connectivity index (χ1v) is 5.20. The topological polar surface area (TPSA) is 92.8 Å². The first kappa shape index (κ1) is 13.5. The molecule has 0 aliphatic heterocycles. The molecule has 0 amide bonds. The van der Waals surface area contributed by atoms with E-state index in [1.807, 2.05) is 13.8 Å². The number of aliphatic carboxylic acids is 1. The van der Waals surface area contributed by atoms with Crippen molar-refractivity contribution in [1.82, 2.24) is 0 Å². The molecule has 1 aromatic rings. The van der Waals surface area contributed by atoms with Crippen molar-refractivity contribution in [2.45, 2.75) is 26.0 Å². The fraction of sp³-hybridized carbons (Fsp3) is 0.417. The summed E-state index contributed by atoms with van der Waals surface area (Å²) in [5.41, 5.74) is 7.53. The maximum Gasteiger partial charge on any atom is 0.323 e. The second-order valence-electron chi connectivity index (χ2n) is 4.00. The molecule has 0 aliphatic carbocycles. The van der Waals surface area contributed by atoms with E-state index >= 15 is 0 Å². The van der Waals surface area contributed by atoms with Gasteiger partial charge in [0.15, 0.2) is 0 Å². The molecule has 0 radical (unpaired) electrons. The Kier molecular flexibility index (Phi) is 4.09. The molecule has 0 fully saturated rings. The molecule has 0 spiro atoms. The lowest BCUT2D eigenvalue weighted by Crippen LogP contribution is -2.36. The van der Waals surface area contributed by atoms with Crippen LogP contribution in [0.3, 0.4) is 0 Å². The molecule has 1 aromatic carbocycles. The second kappa shape index (κ2) is 5.16. The summed E-state index contributed by atoms with van der Waals surface area (Å²) in [6.45, 7) is 3.66. The predicted molar refractivity (Wildman–Crippen MR) is 63.0 cm³/mol. The number of hydrogen-bond acceptors (Lipinski definition) is 4. The number of benzene rings is 1. The highest BCUT2D eigenvalue weighted by Crippen LogP contribution is 2.28. The molecule has 0 heterocycles. The average molecular weight is 239 g/mol. The van der Waals surface area contributed by atoms with E-state index in [1.165, 1.54) is 0 Å². The predicted octanol–water partition coefficient (Wildman–Crippen LogP) is 0.757. The number of hydrogen-bond donors (Lipinski definition) is 3. The summed E-state index contributed by atoms with van der Waals surface area (Å²) >= 11 is 0. The summed E-state index contributed by atoms with van der Waals surface area (Å²) in [4.78, 5) is 10.7. The minimum Gasteiger partial charge on any atom is -0.496 e. The molecule has 4 N–H and O–H groups in total. The average Bonchev–Trinajstić information content (AvgIpc) is 2.26. The van der Waals surface area contributed by atoms with Crippen LogP contribution in [0, 0.1) is 13.8 Å². The van der Waals surface area contributed by atoms with Crippen LogP contribution < -0.4 is 10.5 Å². The zero-order chi connectivity index (χ0) is 13.2. The highest BCUT2D eigenvalue weighted by atomic mass is 16.5. The van der Waals surface area contributed by atoms with E-state index in [0.29, 0.717) is 5.56 Å². The summed E-state index contributed by atoms with van der Waals surface area (Å²) in [6, 6.07) is 2.03. The van der Waals surface area contributed by atoms with Crippen LogP contribution in [0.2, 0.25) is 0 Å². The van der Waals surface area contributed by atoms with Gasteiger partial charge in [-0.1, -0.05) is 0 Å². The number of carboxylic acid groups (broad SMARTS) is 1. The van der Waals surface area contributed by atoms with Crippen LogP contribution in [0.4, 0.5) is 0 Å². The van der Waals surface area contributed by atoms with E-state index in [-0.39, 0.29) is 0 Å². The Morgan fingerprint density at radius 2 is 1.82 bits per heavy atom. The number of nitrogens with two attached hydrogens (primary N) is 1. The Bertz CT molecular complexity index is 408.